The van der Waals surface area contributed by atoms with Gasteiger partial charge in [0.2, 0.25) is 0 Å². The van der Waals surface area contributed by atoms with Crippen LogP contribution in [-0.2, 0) is 11.3 Å². The molecule has 1 aliphatic heterocycles. The Balaban J connectivity index is 1.95. The highest BCUT2D eigenvalue weighted by Gasteiger charge is 2.29. The minimum Gasteiger partial charge on any atom is -0.508 e. The van der Waals surface area contributed by atoms with Crippen LogP contribution in [-0.4, -0.2) is 21.8 Å². The molecule has 0 atom stereocenters. The summed E-state index contributed by atoms with van der Waals surface area (Å²) in [6, 6.07) is 9.71. The van der Waals surface area contributed by atoms with Gasteiger partial charge in [-0.15, -0.1) is 0 Å². The molecule has 0 radical (unpaired) electrons. The summed E-state index contributed by atoms with van der Waals surface area (Å²) in [5.74, 6) is -0.212. The molecule has 2 aromatic carbocycles. The van der Waals surface area contributed by atoms with Gasteiger partial charge >= 0.3 is 7.12 Å². The van der Waals surface area contributed by atoms with E-state index in [-0.39, 0.29) is 18.2 Å². The van der Waals surface area contributed by atoms with Crippen molar-refractivity contribution in [3.63, 3.8) is 0 Å². The van der Waals surface area contributed by atoms with Crippen LogP contribution in [0.1, 0.15) is 5.56 Å². The van der Waals surface area contributed by atoms with Crippen molar-refractivity contribution < 1.29 is 19.2 Å². The number of halogens is 1. The van der Waals surface area contributed by atoms with E-state index in [9.17, 15) is 14.5 Å². The number of aromatic hydroxyl groups is 1. The molecule has 3 aromatic rings. The third kappa shape index (κ3) is 1.84. The average molecular weight is 283 g/mol. The second-order valence-corrected chi connectivity index (χ2v) is 5.09. The van der Waals surface area contributed by atoms with Crippen molar-refractivity contribution in [1.82, 2.24) is 4.57 Å². The second kappa shape index (κ2) is 4.34. The van der Waals surface area contributed by atoms with Crippen LogP contribution in [0.5, 0.6) is 5.75 Å². The lowest BCUT2D eigenvalue weighted by Gasteiger charge is -2.09. The first-order chi connectivity index (χ1) is 10.1. The van der Waals surface area contributed by atoms with Gasteiger partial charge in [-0.2, -0.15) is 0 Å². The molecule has 0 amide bonds. The number of nitrogens with zero attached hydrogens (tertiary/aromatic N) is 1. The molecule has 0 aliphatic carbocycles. The average Bonchev–Trinajstić information content (AvgIpc) is 3.02. The zero-order chi connectivity index (χ0) is 14.6. The zero-order valence-corrected chi connectivity index (χ0v) is 11.0. The van der Waals surface area contributed by atoms with E-state index in [4.69, 9.17) is 4.65 Å². The molecule has 0 fully saturated rings. The van der Waals surface area contributed by atoms with Gasteiger partial charge in [0.1, 0.15) is 11.6 Å². The molecule has 6 heteroatoms. The van der Waals surface area contributed by atoms with Gasteiger partial charge in [-0.3, -0.25) is 0 Å². The number of hydrogen-bond donors (Lipinski definition) is 2. The minimum atomic E-state index is -1.01. The molecule has 0 saturated carbocycles. The smallest absolute Gasteiger partial charge is 0.491 e. The Morgan fingerprint density at radius 1 is 1.19 bits per heavy atom. The maximum Gasteiger partial charge on any atom is 0.491 e. The Morgan fingerprint density at radius 3 is 2.90 bits per heavy atom. The van der Waals surface area contributed by atoms with E-state index in [2.05, 4.69) is 0 Å². The third-order valence-corrected chi connectivity index (χ3v) is 3.80. The van der Waals surface area contributed by atoms with Crippen LogP contribution in [0, 0.1) is 5.82 Å². The molecule has 4 rings (SSSR count). The predicted octanol–water partition coefficient (Wildman–Crippen LogP) is 1.69. The summed E-state index contributed by atoms with van der Waals surface area (Å²) in [4.78, 5) is 0. The van der Waals surface area contributed by atoms with Crippen LogP contribution in [0.25, 0.3) is 16.6 Å². The largest absolute Gasteiger partial charge is 0.508 e. The Bertz CT molecular complexity index is 861. The Kier molecular flexibility index (Phi) is 2.57. The molecular formula is C15H11BFNO3. The van der Waals surface area contributed by atoms with Gasteiger partial charge in [0.25, 0.3) is 0 Å². The van der Waals surface area contributed by atoms with E-state index in [1.54, 1.807) is 41.1 Å². The first kappa shape index (κ1) is 12.4. The molecule has 2 heterocycles. The molecule has 0 unspecified atom stereocenters. The highest BCUT2D eigenvalue weighted by molar-refractivity contribution is 6.61. The van der Waals surface area contributed by atoms with Gasteiger partial charge in [-0.05, 0) is 47.4 Å². The van der Waals surface area contributed by atoms with E-state index in [1.807, 2.05) is 0 Å². The van der Waals surface area contributed by atoms with Crippen LogP contribution >= 0.6 is 0 Å². The lowest BCUT2D eigenvalue weighted by molar-refractivity contribution is 0.275. The molecule has 1 aromatic heterocycles. The highest BCUT2D eigenvalue weighted by atomic mass is 19.1. The normalized spacial score (nSPS) is 13.9. The summed E-state index contributed by atoms with van der Waals surface area (Å²) >= 11 is 0. The van der Waals surface area contributed by atoms with Gasteiger partial charge in [-0.1, -0.05) is 0 Å². The van der Waals surface area contributed by atoms with Crippen molar-refractivity contribution in [1.29, 1.82) is 0 Å². The minimum absolute atomic E-state index is 0.165. The monoisotopic (exact) mass is 283 g/mol. The number of rotatable bonds is 1. The van der Waals surface area contributed by atoms with Gasteiger partial charge in [0, 0.05) is 11.6 Å². The van der Waals surface area contributed by atoms with E-state index >= 15 is 0 Å². The number of fused-ring (bicyclic) bond motifs is 2. The summed E-state index contributed by atoms with van der Waals surface area (Å²) in [5.41, 5.74) is 2.38. The first-order valence-corrected chi connectivity index (χ1v) is 6.56. The molecule has 1 aliphatic rings. The number of hydrogen-bond acceptors (Lipinski definition) is 3. The van der Waals surface area contributed by atoms with Gasteiger partial charge in [0.15, 0.2) is 0 Å². The maximum atomic E-state index is 14.3. The molecule has 4 nitrogen and oxygen atoms in total. The van der Waals surface area contributed by atoms with Crippen LogP contribution < -0.4 is 5.46 Å². The first-order valence-electron chi connectivity index (χ1n) is 6.56. The fraction of sp³-hybridized carbons (Fsp3) is 0.0667. The van der Waals surface area contributed by atoms with Gasteiger partial charge < -0.3 is 19.4 Å². The number of phenols is 1. The predicted molar refractivity (Wildman–Crippen MR) is 77.3 cm³/mol. The summed E-state index contributed by atoms with van der Waals surface area (Å²) in [6.07, 6.45) is 1.73. The SMILES string of the molecule is OB1OCc2cc(F)c(-n3ccc4cc(O)ccc43)cc21. The fourth-order valence-electron chi connectivity index (χ4n) is 2.76. The van der Waals surface area contributed by atoms with Crippen LogP contribution in [0.15, 0.2) is 42.6 Å². The van der Waals surface area contributed by atoms with Crippen LogP contribution in [0.3, 0.4) is 0 Å². The summed E-state index contributed by atoms with van der Waals surface area (Å²) in [6.45, 7) is 0.216. The molecular weight excluding hydrogens is 272 g/mol. The molecule has 0 saturated heterocycles. The van der Waals surface area contributed by atoms with Crippen molar-refractivity contribution in [3.05, 3.63) is 54.0 Å². The van der Waals surface area contributed by atoms with Crippen molar-refractivity contribution in [2.45, 2.75) is 6.61 Å². The molecule has 0 spiro atoms. The van der Waals surface area contributed by atoms with E-state index in [0.717, 1.165) is 10.9 Å². The third-order valence-electron chi connectivity index (χ3n) is 3.80. The highest BCUT2D eigenvalue weighted by Crippen LogP contribution is 2.26. The van der Waals surface area contributed by atoms with Crippen molar-refractivity contribution in [3.8, 4) is 11.4 Å². The van der Waals surface area contributed by atoms with E-state index in [0.29, 0.717) is 16.7 Å². The number of aromatic nitrogens is 1. The Labute approximate surface area is 120 Å². The van der Waals surface area contributed by atoms with Crippen LogP contribution in [0.2, 0.25) is 0 Å². The standard InChI is InChI=1S/C15H11BFNO3/c17-13-6-10-8-21-16(20)12(10)7-15(13)18-4-3-9-5-11(19)1-2-14(9)18/h1-7,19-20H,8H2. The van der Waals surface area contributed by atoms with Gasteiger partial charge in [0.05, 0.1) is 17.8 Å². The fourth-order valence-corrected chi connectivity index (χ4v) is 2.76. The van der Waals surface area contributed by atoms with Gasteiger partial charge in [-0.25, -0.2) is 4.39 Å². The zero-order valence-electron chi connectivity index (χ0n) is 11.0. The topological polar surface area (TPSA) is 54.6 Å². The Hall–Kier alpha value is -2.31. The molecule has 104 valence electrons. The quantitative estimate of drug-likeness (QED) is 0.668. The molecule has 21 heavy (non-hydrogen) atoms. The summed E-state index contributed by atoms with van der Waals surface area (Å²) in [5, 5.41) is 20.1. The second-order valence-electron chi connectivity index (χ2n) is 5.09. The van der Waals surface area contributed by atoms with Crippen molar-refractivity contribution >= 4 is 23.5 Å². The number of benzene rings is 2. The molecule has 0 bridgehead atoms. The van der Waals surface area contributed by atoms with E-state index < -0.39 is 7.12 Å². The summed E-state index contributed by atoms with van der Waals surface area (Å²) in [7, 11) is -1.01. The Morgan fingerprint density at radius 2 is 2.05 bits per heavy atom. The summed E-state index contributed by atoms with van der Waals surface area (Å²) < 4.78 is 21.1. The van der Waals surface area contributed by atoms with Crippen molar-refractivity contribution in [2.75, 3.05) is 0 Å². The lowest BCUT2D eigenvalue weighted by atomic mass is 9.79. The maximum absolute atomic E-state index is 14.3. The number of phenolic OH excluding ortho intramolecular Hbond substituents is 1. The molecule has 2 N–H and O–H groups in total. The van der Waals surface area contributed by atoms with E-state index in [1.165, 1.54) is 6.07 Å². The van der Waals surface area contributed by atoms with Crippen LogP contribution in [0.4, 0.5) is 4.39 Å². The van der Waals surface area contributed by atoms with Crippen molar-refractivity contribution in [2.24, 2.45) is 0 Å². The lowest BCUT2D eigenvalue weighted by Crippen LogP contribution is -2.28.